The van der Waals surface area contributed by atoms with Gasteiger partial charge in [-0.05, 0) is 23.8 Å². The topological polar surface area (TPSA) is 119 Å². The maximum atomic E-state index is 12.7. The van der Waals surface area contributed by atoms with Gasteiger partial charge in [0.05, 0.1) is 4.90 Å². The third-order valence-electron chi connectivity index (χ3n) is 4.65. The van der Waals surface area contributed by atoms with Crippen LogP contribution in [0.3, 0.4) is 0 Å². The van der Waals surface area contributed by atoms with Gasteiger partial charge in [-0.1, -0.05) is 19.9 Å². The number of aromatic nitrogens is 4. The molecule has 3 aromatic rings. The van der Waals surface area contributed by atoms with Crippen molar-refractivity contribution in [1.29, 1.82) is 0 Å². The van der Waals surface area contributed by atoms with Crippen molar-refractivity contribution in [2.75, 3.05) is 13.1 Å². The Hall–Kier alpha value is -3.31. The lowest BCUT2D eigenvalue weighted by atomic mass is 10.3. The first-order valence-electron chi connectivity index (χ1n) is 9.77. The number of hydrogen-bond donors (Lipinski definition) is 1. The van der Waals surface area contributed by atoms with Gasteiger partial charge in [0, 0.05) is 50.5 Å². The standard InChI is InChI=1S/C20H24N6O4S/c1-3-25(4-2)31(29,30)17-7-9-20(28)24(14-17)15-19(27)22-13-16-6-8-18(21-12-16)26-11-5-10-23-26/h5-12,14H,3-4,13,15H2,1-2H3,(H,22,27). The molecule has 0 spiro atoms. The number of amides is 1. The third kappa shape index (κ3) is 5.25. The molecule has 0 bridgehead atoms. The number of nitrogens with one attached hydrogen (secondary N) is 1. The van der Waals surface area contributed by atoms with Crippen LogP contribution in [-0.4, -0.2) is 51.1 Å². The molecule has 0 fully saturated rings. The molecule has 3 heterocycles. The molecule has 3 aromatic heterocycles. The highest BCUT2D eigenvalue weighted by atomic mass is 32.2. The Morgan fingerprint density at radius 2 is 1.94 bits per heavy atom. The summed E-state index contributed by atoms with van der Waals surface area (Å²) < 4.78 is 29.3. The fourth-order valence-electron chi connectivity index (χ4n) is 2.97. The van der Waals surface area contributed by atoms with Crippen LogP contribution in [-0.2, 0) is 27.9 Å². The van der Waals surface area contributed by atoms with Crippen LogP contribution in [0.25, 0.3) is 5.82 Å². The highest BCUT2D eigenvalue weighted by Gasteiger charge is 2.22. The van der Waals surface area contributed by atoms with Crippen molar-refractivity contribution < 1.29 is 13.2 Å². The molecule has 1 N–H and O–H groups in total. The van der Waals surface area contributed by atoms with E-state index >= 15 is 0 Å². The predicted octanol–water partition coefficient (Wildman–Crippen LogP) is 0.776. The van der Waals surface area contributed by atoms with E-state index in [2.05, 4.69) is 15.4 Å². The lowest BCUT2D eigenvalue weighted by molar-refractivity contribution is -0.121. The smallest absolute Gasteiger partial charge is 0.251 e. The van der Waals surface area contributed by atoms with Gasteiger partial charge in [0.15, 0.2) is 5.82 Å². The molecular formula is C20H24N6O4S. The summed E-state index contributed by atoms with van der Waals surface area (Å²) in [4.78, 5) is 28.7. The average molecular weight is 445 g/mol. The second kappa shape index (κ2) is 9.67. The molecule has 0 atom stereocenters. The number of carbonyl (C=O) groups excluding carboxylic acids is 1. The zero-order valence-corrected chi connectivity index (χ0v) is 18.1. The van der Waals surface area contributed by atoms with Gasteiger partial charge in [0.1, 0.15) is 6.54 Å². The van der Waals surface area contributed by atoms with E-state index in [1.165, 1.54) is 16.6 Å². The van der Waals surface area contributed by atoms with Gasteiger partial charge in [0.25, 0.3) is 5.56 Å². The van der Waals surface area contributed by atoms with Crippen LogP contribution in [0.5, 0.6) is 0 Å². The Labute approximate surface area is 180 Å². The summed E-state index contributed by atoms with van der Waals surface area (Å²) in [5.74, 6) is 0.230. The fourth-order valence-corrected chi connectivity index (χ4v) is 4.45. The van der Waals surface area contributed by atoms with Crippen molar-refractivity contribution in [3.05, 3.63) is 71.0 Å². The van der Waals surface area contributed by atoms with E-state index in [-0.39, 0.29) is 18.0 Å². The first kappa shape index (κ1) is 22.4. The minimum atomic E-state index is -3.73. The van der Waals surface area contributed by atoms with Crippen molar-refractivity contribution in [2.45, 2.75) is 31.8 Å². The van der Waals surface area contributed by atoms with Crippen LogP contribution in [0.2, 0.25) is 0 Å². The van der Waals surface area contributed by atoms with Gasteiger partial charge in [0.2, 0.25) is 15.9 Å². The Bertz CT molecular complexity index is 1180. The van der Waals surface area contributed by atoms with Gasteiger partial charge in [-0.25, -0.2) is 18.1 Å². The molecule has 0 aliphatic rings. The van der Waals surface area contributed by atoms with E-state index in [1.807, 2.05) is 6.07 Å². The largest absolute Gasteiger partial charge is 0.350 e. The van der Waals surface area contributed by atoms with E-state index in [0.717, 1.165) is 16.2 Å². The summed E-state index contributed by atoms with van der Waals surface area (Å²) in [5, 5.41) is 6.81. The summed E-state index contributed by atoms with van der Waals surface area (Å²) in [6, 6.07) is 7.80. The minimum absolute atomic E-state index is 0.0259. The number of hydrogen-bond acceptors (Lipinski definition) is 6. The maximum Gasteiger partial charge on any atom is 0.251 e. The number of rotatable bonds is 9. The lowest BCUT2D eigenvalue weighted by Gasteiger charge is -2.19. The van der Waals surface area contributed by atoms with Crippen LogP contribution >= 0.6 is 0 Å². The highest BCUT2D eigenvalue weighted by molar-refractivity contribution is 7.89. The zero-order valence-electron chi connectivity index (χ0n) is 17.3. The summed E-state index contributed by atoms with van der Waals surface area (Å²) in [7, 11) is -3.73. The zero-order chi connectivity index (χ0) is 22.4. The Kier molecular flexibility index (Phi) is 6.98. The minimum Gasteiger partial charge on any atom is -0.350 e. The van der Waals surface area contributed by atoms with Crippen molar-refractivity contribution in [2.24, 2.45) is 0 Å². The van der Waals surface area contributed by atoms with Gasteiger partial charge in [-0.15, -0.1) is 0 Å². The molecule has 164 valence electrons. The third-order valence-corrected chi connectivity index (χ3v) is 6.68. The van der Waals surface area contributed by atoms with Crippen molar-refractivity contribution >= 4 is 15.9 Å². The fraction of sp³-hybridized carbons (Fsp3) is 0.300. The number of nitrogens with zero attached hydrogens (tertiary/aromatic N) is 5. The Balaban J connectivity index is 1.66. The molecule has 10 nitrogen and oxygen atoms in total. The van der Waals surface area contributed by atoms with Crippen molar-refractivity contribution in [3.8, 4) is 5.82 Å². The molecule has 1 amide bonds. The highest BCUT2D eigenvalue weighted by Crippen LogP contribution is 2.13. The van der Waals surface area contributed by atoms with E-state index in [0.29, 0.717) is 18.9 Å². The first-order valence-corrected chi connectivity index (χ1v) is 11.2. The molecule has 0 saturated carbocycles. The first-order chi connectivity index (χ1) is 14.8. The van der Waals surface area contributed by atoms with E-state index in [1.54, 1.807) is 49.3 Å². The molecular weight excluding hydrogens is 420 g/mol. The van der Waals surface area contributed by atoms with Crippen LogP contribution in [0, 0.1) is 0 Å². The Morgan fingerprint density at radius 3 is 2.55 bits per heavy atom. The molecule has 0 aliphatic heterocycles. The average Bonchev–Trinajstić information content (AvgIpc) is 3.30. The molecule has 0 aromatic carbocycles. The number of pyridine rings is 2. The quantitative estimate of drug-likeness (QED) is 0.521. The molecule has 0 aliphatic carbocycles. The van der Waals surface area contributed by atoms with Crippen LogP contribution < -0.4 is 10.9 Å². The van der Waals surface area contributed by atoms with Crippen LogP contribution in [0.15, 0.2) is 64.8 Å². The molecule has 0 unspecified atom stereocenters. The number of sulfonamides is 1. The van der Waals surface area contributed by atoms with Gasteiger partial charge >= 0.3 is 0 Å². The van der Waals surface area contributed by atoms with Crippen molar-refractivity contribution in [1.82, 2.24) is 29.0 Å². The molecule has 0 radical (unpaired) electrons. The van der Waals surface area contributed by atoms with Crippen LogP contribution in [0.1, 0.15) is 19.4 Å². The number of carbonyl (C=O) groups is 1. The van der Waals surface area contributed by atoms with Gasteiger partial charge in [-0.2, -0.15) is 9.40 Å². The SMILES string of the molecule is CCN(CC)S(=O)(=O)c1ccc(=O)n(CC(=O)NCc2ccc(-n3cccn3)nc2)c1. The van der Waals surface area contributed by atoms with Crippen LogP contribution in [0.4, 0.5) is 0 Å². The van der Waals surface area contributed by atoms with Gasteiger partial charge < -0.3 is 9.88 Å². The van der Waals surface area contributed by atoms with E-state index in [9.17, 15) is 18.0 Å². The predicted molar refractivity (Wildman–Crippen MR) is 114 cm³/mol. The lowest BCUT2D eigenvalue weighted by Crippen LogP contribution is -2.34. The second-order valence-electron chi connectivity index (χ2n) is 6.67. The molecule has 31 heavy (non-hydrogen) atoms. The van der Waals surface area contributed by atoms with Crippen molar-refractivity contribution in [3.63, 3.8) is 0 Å². The Morgan fingerprint density at radius 1 is 1.16 bits per heavy atom. The summed E-state index contributed by atoms with van der Waals surface area (Å²) in [6.07, 6.45) is 6.26. The summed E-state index contributed by atoms with van der Waals surface area (Å²) >= 11 is 0. The maximum absolute atomic E-state index is 12.7. The normalized spacial score (nSPS) is 11.6. The molecule has 3 rings (SSSR count). The summed E-state index contributed by atoms with van der Waals surface area (Å²) in [6.45, 7) is 4.02. The monoisotopic (exact) mass is 444 g/mol. The van der Waals surface area contributed by atoms with Gasteiger partial charge in [-0.3, -0.25) is 9.59 Å². The summed E-state index contributed by atoms with van der Waals surface area (Å²) in [5.41, 5.74) is 0.313. The molecule has 11 heteroatoms. The van der Waals surface area contributed by atoms with E-state index < -0.39 is 21.5 Å². The molecule has 0 saturated heterocycles. The van der Waals surface area contributed by atoms with E-state index in [4.69, 9.17) is 0 Å². The second-order valence-corrected chi connectivity index (χ2v) is 8.61.